The van der Waals surface area contributed by atoms with Gasteiger partial charge in [0.15, 0.2) is 0 Å². The quantitative estimate of drug-likeness (QED) is 0.819. The van der Waals surface area contributed by atoms with E-state index in [9.17, 15) is 4.79 Å². The van der Waals surface area contributed by atoms with Gasteiger partial charge in [-0.1, -0.05) is 19.3 Å². The molecule has 1 atom stereocenters. The predicted octanol–water partition coefficient (Wildman–Crippen LogP) is 3.68. The van der Waals surface area contributed by atoms with Crippen LogP contribution in [0.2, 0.25) is 0 Å². The summed E-state index contributed by atoms with van der Waals surface area (Å²) >= 11 is 0. The number of nitrogens with zero attached hydrogens (tertiary/aromatic N) is 1. The molecule has 1 aliphatic carbocycles. The van der Waals surface area contributed by atoms with Crippen LogP contribution in [-0.4, -0.2) is 43.7 Å². The Morgan fingerprint density at radius 2 is 1.88 bits per heavy atom. The van der Waals surface area contributed by atoms with E-state index in [1.165, 1.54) is 37.7 Å². The highest BCUT2D eigenvalue weighted by molar-refractivity contribution is 5.94. The van der Waals surface area contributed by atoms with Gasteiger partial charge in [0, 0.05) is 37.6 Å². The Bertz CT molecular complexity index is 603. The second kappa shape index (κ2) is 7.77. The van der Waals surface area contributed by atoms with E-state index in [1.807, 2.05) is 18.2 Å². The summed E-state index contributed by atoms with van der Waals surface area (Å²) in [5.74, 6) is 2.29. The smallest absolute Gasteiger partial charge is 0.253 e. The predicted molar refractivity (Wildman–Crippen MR) is 97.0 cm³/mol. The standard InChI is InChI=1S/C21H29NO3/c23-21(19-6-7-20-18(12-19)9-11-25-20)22(14-17-8-10-24-15-17)13-16-4-2-1-3-5-16/h6-7,12,16-17H,1-5,8-11,13-15H2. The van der Waals surface area contributed by atoms with Crippen LogP contribution < -0.4 is 4.74 Å². The number of carbonyl (C=O) groups excluding carboxylic acids is 1. The molecular formula is C21H29NO3. The molecule has 2 heterocycles. The highest BCUT2D eigenvalue weighted by Crippen LogP contribution is 2.29. The molecule has 1 aromatic carbocycles. The van der Waals surface area contributed by atoms with E-state index in [-0.39, 0.29) is 5.91 Å². The highest BCUT2D eigenvalue weighted by atomic mass is 16.5. The number of carbonyl (C=O) groups is 1. The number of benzene rings is 1. The van der Waals surface area contributed by atoms with Crippen molar-refractivity contribution in [1.29, 1.82) is 0 Å². The van der Waals surface area contributed by atoms with Gasteiger partial charge in [-0.3, -0.25) is 4.79 Å². The third-order valence-electron chi connectivity index (χ3n) is 5.93. The Morgan fingerprint density at radius 1 is 1.04 bits per heavy atom. The van der Waals surface area contributed by atoms with E-state index in [0.29, 0.717) is 11.8 Å². The van der Waals surface area contributed by atoms with Gasteiger partial charge in [0.25, 0.3) is 5.91 Å². The van der Waals surface area contributed by atoms with Gasteiger partial charge in [0.1, 0.15) is 5.75 Å². The molecule has 25 heavy (non-hydrogen) atoms. The fourth-order valence-corrected chi connectivity index (χ4v) is 4.46. The molecule has 4 nitrogen and oxygen atoms in total. The molecule has 3 aliphatic rings. The van der Waals surface area contributed by atoms with E-state index >= 15 is 0 Å². The first-order chi connectivity index (χ1) is 12.3. The molecule has 1 aromatic rings. The number of amides is 1. The topological polar surface area (TPSA) is 38.8 Å². The first kappa shape index (κ1) is 16.9. The molecule has 4 rings (SSSR count). The third kappa shape index (κ3) is 4.00. The van der Waals surface area contributed by atoms with Crippen molar-refractivity contribution in [2.75, 3.05) is 32.9 Å². The zero-order chi connectivity index (χ0) is 17.1. The molecule has 0 spiro atoms. The largest absolute Gasteiger partial charge is 0.493 e. The van der Waals surface area contributed by atoms with Crippen molar-refractivity contribution in [2.45, 2.75) is 44.9 Å². The maximum Gasteiger partial charge on any atom is 0.253 e. The Balaban J connectivity index is 1.49. The van der Waals surface area contributed by atoms with Crippen LogP contribution in [0.3, 0.4) is 0 Å². The Kier molecular flexibility index (Phi) is 5.25. The minimum atomic E-state index is 0.187. The van der Waals surface area contributed by atoms with Gasteiger partial charge >= 0.3 is 0 Å². The van der Waals surface area contributed by atoms with Crippen LogP contribution in [0.1, 0.15) is 54.4 Å². The van der Waals surface area contributed by atoms with E-state index in [0.717, 1.165) is 57.1 Å². The minimum Gasteiger partial charge on any atom is -0.493 e. The van der Waals surface area contributed by atoms with Crippen LogP contribution in [0.25, 0.3) is 0 Å². The first-order valence-electron chi connectivity index (χ1n) is 9.92. The lowest BCUT2D eigenvalue weighted by Gasteiger charge is -2.31. The highest BCUT2D eigenvalue weighted by Gasteiger charge is 2.27. The Morgan fingerprint density at radius 3 is 2.68 bits per heavy atom. The van der Waals surface area contributed by atoms with Crippen molar-refractivity contribution in [3.05, 3.63) is 29.3 Å². The molecular weight excluding hydrogens is 314 g/mol. The van der Waals surface area contributed by atoms with Crippen molar-refractivity contribution in [3.8, 4) is 5.75 Å². The van der Waals surface area contributed by atoms with Crippen LogP contribution >= 0.6 is 0 Å². The second-order valence-corrected chi connectivity index (χ2v) is 7.86. The van der Waals surface area contributed by atoms with Crippen molar-refractivity contribution in [2.24, 2.45) is 11.8 Å². The van der Waals surface area contributed by atoms with Crippen molar-refractivity contribution < 1.29 is 14.3 Å². The number of ether oxygens (including phenoxy) is 2. The van der Waals surface area contributed by atoms with Gasteiger partial charge in [-0.25, -0.2) is 0 Å². The summed E-state index contributed by atoms with van der Waals surface area (Å²) in [6.07, 6.45) is 8.50. The van der Waals surface area contributed by atoms with Gasteiger partial charge in [0.2, 0.25) is 0 Å². The summed E-state index contributed by atoms with van der Waals surface area (Å²) in [4.78, 5) is 15.4. The van der Waals surface area contributed by atoms with E-state index in [2.05, 4.69) is 4.90 Å². The molecule has 1 unspecified atom stereocenters. The second-order valence-electron chi connectivity index (χ2n) is 7.86. The van der Waals surface area contributed by atoms with Crippen molar-refractivity contribution in [3.63, 3.8) is 0 Å². The van der Waals surface area contributed by atoms with Gasteiger partial charge in [-0.2, -0.15) is 0 Å². The van der Waals surface area contributed by atoms with Gasteiger partial charge in [0.05, 0.1) is 13.2 Å². The van der Waals surface area contributed by atoms with Crippen LogP contribution in [0, 0.1) is 11.8 Å². The molecule has 1 amide bonds. The lowest BCUT2D eigenvalue weighted by atomic mass is 9.88. The molecule has 136 valence electrons. The maximum atomic E-state index is 13.3. The average molecular weight is 343 g/mol. The van der Waals surface area contributed by atoms with Gasteiger partial charge < -0.3 is 14.4 Å². The molecule has 2 aliphatic heterocycles. The van der Waals surface area contributed by atoms with Crippen LogP contribution in [0.4, 0.5) is 0 Å². The van der Waals surface area contributed by atoms with Crippen LogP contribution in [-0.2, 0) is 11.2 Å². The average Bonchev–Trinajstić information content (AvgIpc) is 3.32. The van der Waals surface area contributed by atoms with Gasteiger partial charge in [-0.15, -0.1) is 0 Å². The van der Waals surface area contributed by atoms with E-state index < -0.39 is 0 Å². The van der Waals surface area contributed by atoms with Crippen LogP contribution in [0.15, 0.2) is 18.2 Å². The monoisotopic (exact) mass is 343 g/mol. The number of hydrogen-bond acceptors (Lipinski definition) is 3. The molecule has 0 bridgehead atoms. The normalized spacial score (nSPS) is 23.3. The zero-order valence-electron chi connectivity index (χ0n) is 15.0. The Labute approximate surface area is 150 Å². The summed E-state index contributed by atoms with van der Waals surface area (Å²) < 4.78 is 11.1. The first-order valence-corrected chi connectivity index (χ1v) is 9.92. The van der Waals surface area contributed by atoms with Gasteiger partial charge in [-0.05, 0) is 48.9 Å². The molecule has 0 N–H and O–H groups in total. The molecule has 0 aromatic heterocycles. The van der Waals surface area contributed by atoms with E-state index in [1.54, 1.807) is 0 Å². The summed E-state index contributed by atoms with van der Waals surface area (Å²) in [5.41, 5.74) is 1.99. The molecule has 1 saturated heterocycles. The molecule has 0 radical (unpaired) electrons. The fraction of sp³-hybridized carbons (Fsp3) is 0.667. The fourth-order valence-electron chi connectivity index (χ4n) is 4.46. The lowest BCUT2D eigenvalue weighted by molar-refractivity contribution is 0.0673. The summed E-state index contributed by atoms with van der Waals surface area (Å²) in [6.45, 7) is 4.11. The molecule has 2 fully saturated rings. The molecule has 1 saturated carbocycles. The van der Waals surface area contributed by atoms with Crippen molar-refractivity contribution >= 4 is 5.91 Å². The Hall–Kier alpha value is -1.55. The summed E-state index contributed by atoms with van der Waals surface area (Å²) in [7, 11) is 0. The number of hydrogen-bond donors (Lipinski definition) is 0. The lowest BCUT2D eigenvalue weighted by Crippen LogP contribution is -2.39. The number of fused-ring (bicyclic) bond motifs is 1. The van der Waals surface area contributed by atoms with Crippen molar-refractivity contribution in [1.82, 2.24) is 4.90 Å². The summed E-state index contributed by atoms with van der Waals surface area (Å²) in [5, 5.41) is 0. The third-order valence-corrected chi connectivity index (χ3v) is 5.93. The van der Waals surface area contributed by atoms with Crippen LogP contribution in [0.5, 0.6) is 5.75 Å². The minimum absolute atomic E-state index is 0.187. The maximum absolute atomic E-state index is 13.3. The van der Waals surface area contributed by atoms with E-state index in [4.69, 9.17) is 9.47 Å². The zero-order valence-corrected chi connectivity index (χ0v) is 15.0. The molecule has 4 heteroatoms. The number of rotatable bonds is 5. The summed E-state index contributed by atoms with van der Waals surface area (Å²) in [6, 6.07) is 5.95. The SMILES string of the molecule is O=C(c1ccc2c(c1)CCO2)N(CC1CCCCC1)CC1CCOC1.